The topological polar surface area (TPSA) is 175 Å². The lowest BCUT2D eigenvalue weighted by atomic mass is 10.1. The van der Waals surface area contributed by atoms with Crippen LogP contribution in [-0.4, -0.2) is 63.9 Å². The first kappa shape index (κ1) is 29.2. The number of pyridine rings is 1. The number of aryl methyl sites for hydroxylation is 2. The number of carboxylic acids is 2. The Morgan fingerprint density at radius 2 is 1.73 bits per heavy atom. The molecule has 37 heavy (non-hydrogen) atoms. The summed E-state index contributed by atoms with van der Waals surface area (Å²) in [5, 5.41) is 32.3. The van der Waals surface area contributed by atoms with E-state index in [9.17, 15) is 14.7 Å². The van der Waals surface area contributed by atoms with Crippen LogP contribution in [0.4, 0.5) is 11.8 Å². The highest BCUT2D eigenvalue weighted by molar-refractivity contribution is 5.89. The zero-order valence-electron chi connectivity index (χ0n) is 21.9. The van der Waals surface area contributed by atoms with Crippen LogP contribution in [-0.2, 0) is 16.1 Å². The van der Waals surface area contributed by atoms with Crippen molar-refractivity contribution in [3.05, 3.63) is 47.6 Å². The molecular weight excluding hydrogens is 478 g/mol. The van der Waals surface area contributed by atoms with E-state index in [1.165, 1.54) is 5.56 Å². The van der Waals surface area contributed by atoms with E-state index in [-0.39, 0.29) is 12.1 Å². The minimum atomic E-state index is -1.26. The predicted molar refractivity (Wildman–Crippen MR) is 141 cm³/mol. The van der Waals surface area contributed by atoms with Crippen molar-refractivity contribution in [1.82, 2.24) is 24.5 Å². The smallest absolute Gasteiger partial charge is 0.328 e. The first-order valence-corrected chi connectivity index (χ1v) is 11.9. The van der Waals surface area contributed by atoms with Gasteiger partial charge in [0.25, 0.3) is 0 Å². The van der Waals surface area contributed by atoms with Crippen molar-refractivity contribution in [2.75, 3.05) is 10.6 Å². The summed E-state index contributed by atoms with van der Waals surface area (Å²) >= 11 is 0. The van der Waals surface area contributed by atoms with Crippen LogP contribution in [0.3, 0.4) is 0 Å². The number of hydrogen-bond donors (Lipinski definition) is 5. The van der Waals surface area contributed by atoms with Gasteiger partial charge < -0.3 is 30.5 Å². The highest BCUT2D eigenvalue weighted by atomic mass is 16.4. The van der Waals surface area contributed by atoms with Gasteiger partial charge in [0.05, 0.1) is 18.5 Å². The Bertz CT molecular complexity index is 1240. The van der Waals surface area contributed by atoms with Gasteiger partial charge in [-0.25, -0.2) is 14.6 Å². The second-order valence-electron chi connectivity index (χ2n) is 8.83. The van der Waals surface area contributed by atoms with E-state index in [0.29, 0.717) is 30.5 Å². The van der Waals surface area contributed by atoms with E-state index in [2.05, 4.69) is 57.4 Å². The van der Waals surface area contributed by atoms with Gasteiger partial charge >= 0.3 is 11.9 Å². The van der Waals surface area contributed by atoms with Crippen LogP contribution in [0.2, 0.25) is 0 Å². The fourth-order valence-electron chi connectivity index (χ4n) is 3.44. The van der Waals surface area contributed by atoms with Crippen molar-refractivity contribution in [3.8, 4) is 0 Å². The van der Waals surface area contributed by atoms with Crippen molar-refractivity contribution in [3.63, 3.8) is 0 Å². The second-order valence-corrected chi connectivity index (χ2v) is 8.83. The molecule has 3 aromatic rings. The second kappa shape index (κ2) is 13.3. The van der Waals surface area contributed by atoms with Crippen LogP contribution in [0.1, 0.15) is 57.0 Å². The molecule has 0 aliphatic rings. The number of anilines is 2. The van der Waals surface area contributed by atoms with E-state index < -0.39 is 18.0 Å². The van der Waals surface area contributed by atoms with Crippen LogP contribution in [0.25, 0.3) is 11.2 Å². The third-order valence-electron chi connectivity index (χ3n) is 5.49. The number of imidazole rings is 1. The summed E-state index contributed by atoms with van der Waals surface area (Å²) in [5.41, 5.74) is 4.78. The molecule has 12 heteroatoms. The monoisotopic (exact) mass is 513 g/mol. The van der Waals surface area contributed by atoms with E-state index in [1.807, 2.05) is 24.6 Å². The van der Waals surface area contributed by atoms with Crippen molar-refractivity contribution in [1.29, 1.82) is 0 Å². The van der Waals surface area contributed by atoms with Crippen molar-refractivity contribution >= 4 is 34.9 Å². The molecule has 0 saturated heterocycles. The number of nitrogens with zero attached hydrogens (tertiary/aromatic N) is 5. The molecule has 3 aromatic heterocycles. The molecule has 0 saturated carbocycles. The lowest BCUT2D eigenvalue weighted by molar-refractivity contribution is -0.134. The molecular formula is C25H35N7O5. The molecule has 2 atom stereocenters. The van der Waals surface area contributed by atoms with Crippen molar-refractivity contribution in [2.24, 2.45) is 0 Å². The Labute approximate surface area is 215 Å². The summed E-state index contributed by atoms with van der Waals surface area (Å²) in [6, 6.07) is 2.17. The largest absolute Gasteiger partial charge is 0.478 e. The van der Waals surface area contributed by atoms with Gasteiger partial charge in [0.1, 0.15) is 0 Å². The van der Waals surface area contributed by atoms with Crippen LogP contribution >= 0.6 is 0 Å². The minimum Gasteiger partial charge on any atom is -0.478 e. The number of aliphatic hydroxyl groups excluding tert-OH is 1. The lowest BCUT2D eigenvalue weighted by Crippen LogP contribution is -2.31. The van der Waals surface area contributed by atoms with Crippen LogP contribution in [0, 0.1) is 13.8 Å². The standard InChI is InChI=1S/C21H31N7O.C4H4O4/c1-7-17(15(6)29)25-21-26-19(18-20(27-21)28(11-24-18)12(2)3)23-10-16-9-22-14(5)8-13(16)4;5-3(6)1-2-4(7)8/h8-9,11-12,15,17,29H,7,10H2,1-6H3,(H2,23,25,26,27);1-2H,(H,5,6)(H,7,8)/b;2-1-/t15-,17+;/m1./s1. The zero-order valence-corrected chi connectivity index (χ0v) is 21.9. The molecule has 0 radical (unpaired) electrons. The number of nitrogens with one attached hydrogen (secondary N) is 2. The van der Waals surface area contributed by atoms with Crippen LogP contribution in [0.15, 0.2) is 30.7 Å². The van der Waals surface area contributed by atoms with Crippen LogP contribution in [0.5, 0.6) is 0 Å². The summed E-state index contributed by atoms with van der Waals surface area (Å²) in [4.78, 5) is 37.4. The number of rotatable bonds is 10. The highest BCUT2D eigenvalue weighted by Crippen LogP contribution is 2.25. The number of carbonyl (C=O) groups is 2. The van der Waals surface area contributed by atoms with Gasteiger partial charge in [-0.3, -0.25) is 4.98 Å². The van der Waals surface area contributed by atoms with Gasteiger partial charge in [-0.05, 0) is 58.2 Å². The molecule has 0 amide bonds. The Morgan fingerprint density at radius 3 is 2.24 bits per heavy atom. The fourth-order valence-corrected chi connectivity index (χ4v) is 3.44. The molecule has 12 nitrogen and oxygen atoms in total. The molecule has 0 unspecified atom stereocenters. The number of hydrogen-bond acceptors (Lipinski definition) is 9. The number of fused-ring (bicyclic) bond motifs is 1. The third-order valence-corrected chi connectivity index (χ3v) is 5.49. The van der Waals surface area contributed by atoms with Crippen LogP contribution < -0.4 is 10.6 Å². The van der Waals surface area contributed by atoms with E-state index in [1.54, 1.807) is 13.3 Å². The van der Waals surface area contributed by atoms with Crippen molar-refractivity contribution < 1.29 is 24.9 Å². The molecule has 3 rings (SSSR count). The van der Waals surface area contributed by atoms with E-state index in [4.69, 9.17) is 10.2 Å². The number of carboxylic acid groups (broad SMARTS) is 2. The lowest BCUT2D eigenvalue weighted by Gasteiger charge is -2.20. The summed E-state index contributed by atoms with van der Waals surface area (Å²) < 4.78 is 2.02. The SMILES string of the molecule is CC[C@H](Nc1nc(NCc2cnc(C)cc2C)c2ncn(C(C)C)c2n1)[C@@H](C)O.O=C(O)/C=C\C(=O)O. The molecule has 0 aromatic carbocycles. The number of aliphatic hydroxyl groups is 1. The minimum absolute atomic E-state index is 0.126. The fraction of sp³-hybridized carbons (Fsp3) is 0.440. The molecule has 3 heterocycles. The predicted octanol–water partition coefficient (Wildman–Crippen LogP) is 3.31. The number of aliphatic carboxylic acids is 2. The van der Waals surface area contributed by atoms with Gasteiger partial charge in [-0.15, -0.1) is 0 Å². The summed E-state index contributed by atoms with van der Waals surface area (Å²) in [5.74, 6) is -1.37. The molecule has 200 valence electrons. The average Bonchev–Trinajstić information content (AvgIpc) is 3.25. The Morgan fingerprint density at radius 1 is 1.08 bits per heavy atom. The van der Waals surface area contributed by atoms with Gasteiger partial charge in [-0.2, -0.15) is 9.97 Å². The summed E-state index contributed by atoms with van der Waals surface area (Å²) in [6.45, 7) is 12.6. The Hall–Kier alpha value is -4.06. The van der Waals surface area contributed by atoms with Gasteiger partial charge in [0, 0.05) is 36.6 Å². The molecule has 0 spiro atoms. The zero-order chi connectivity index (χ0) is 27.7. The number of aromatic nitrogens is 5. The molecule has 0 aliphatic heterocycles. The maximum Gasteiger partial charge on any atom is 0.328 e. The maximum absolute atomic E-state index is 10.0. The van der Waals surface area contributed by atoms with E-state index in [0.717, 1.165) is 28.8 Å². The average molecular weight is 514 g/mol. The molecule has 0 fully saturated rings. The van der Waals surface area contributed by atoms with E-state index >= 15 is 0 Å². The van der Waals surface area contributed by atoms with Gasteiger partial charge in [-0.1, -0.05) is 6.92 Å². The highest BCUT2D eigenvalue weighted by Gasteiger charge is 2.18. The van der Waals surface area contributed by atoms with Crippen molar-refractivity contribution in [2.45, 2.75) is 72.7 Å². The van der Waals surface area contributed by atoms with Gasteiger partial charge in [0.2, 0.25) is 5.95 Å². The Balaban J connectivity index is 0.000000521. The molecule has 0 bridgehead atoms. The summed E-state index contributed by atoms with van der Waals surface area (Å²) in [6.07, 6.45) is 5.06. The maximum atomic E-state index is 10.0. The third kappa shape index (κ3) is 8.53. The first-order valence-electron chi connectivity index (χ1n) is 11.9. The Kier molecular flexibility index (Phi) is 10.5. The normalized spacial score (nSPS) is 12.8. The first-order chi connectivity index (χ1) is 17.4. The summed E-state index contributed by atoms with van der Waals surface area (Å²) in [7, 11) is 0. The molecule has 0 aliphatic carbocycles. The quantitative estimate of drug-likeness (QED) is 0.251. The van der Waals surface area contributed by atoms with Gasteiger partial charge in [0.15, 0.2) is 17.0 Å². The molecule has 5 N–H and O–H groups in total.